The van der Waals surface area contributed by atoms with Gasteiger partial charge in [-0.25, -0.2) is 13.2 Å². The normalized spacial score (nSPS) is 16.2. The van der Waals surface area contributed by atoms with Crippen LogP contribution in [-0.4, -0.2) is 28.2 Å². The van der Waals surface area contributed by atoms with E-state index in [0.717, 1.165) is 23.4 Å². The van der Waals surface area contributed by atoms with Gasteiger partial charge in [0.15, 0.2) is 0 Å². The fraction of sp³-hybridized carbons (Fsp3) is 0.562. The van der Waals surface area contributed by atoms with Crippen molar-refractivity contribution >= 4 is 19.7 Å². The summed E-state index contributed by atoms with van der Waals surface area (Å²) in [7, 11) is 1.50. The molecule has 0 N–H and O–H groups in total. The number of nitrogens with zero attached hydrogens (tertiary/aromatic N) is 4. The van der Waals surface area contributed by atoms with Gasteiger partial charge in [-0.2, -0.15) is 9.36 Å². The van der Waals surface area contributed by atoms with E-state index in [1.54, 1.807) is 0 Å². The minimum atomic E-state index is -3.79. The van der Waals surface area contributed by atoms with Gasteiger partial charge in [0.1, 0.15) is 0 Å². The van der Waals surface area contributed by atoms with Crippen LogP contribution in [0.15, 0.2) is 34.0 Å². The van der Waals surface area contributed by atoms with Crippen LogP contribution in [0.5, 0.6) is 0 Å². The molecule has 0 aliphatic heterocycles. The highest BCUT2D eigenvalue weighted by atomic mass is 35.7. The molecule has 0 amide bonds. The number of aryl methyl sites for hydroxylation is 1. The molecule has 1 aliphatic carbocycles. The number of rotatable bonds is 6. The first-order valence-corrected chi connectivity index (χ1v) is 10.8. The summed E-state index contributed by atoms with van der Waals surface area (Å²) in [6, 6.07) is 5.65. The van der Waals surface area contributed by atoms with Crippen molar-refractivity contribution in [3.05, 3.63) is 34.7 Å². The van der Waals surface area contributed by atoms with E-state index in [1.807, 2.05) is 0 Å². The van der Waals surface area contributed by atoms with Crippen LogP contribution >= 0.6 is 10.7 Å². The average Bonchev–Trinajstić information content (AvgIpc) is 2.96. The highest BCUT2D eigenvalue weighted by molar-refractivity contribution is 8.13. The van der Waals surface area contributed by atoms with Crippen molar-refractivity contribution < 1.29 is 8.42 Å². The van der Waals surface area contributed by atoms with Gasteiger partial charge < -0.3 is 0 Å². The molecule has 7 nitrogen and oxygen atoms in total. The highest BCUT2D eigenvalue weighted by Gasteiger charge is 2.15. The van der Waals surface area contributed by atoms with Crippen molar-refractivity contribution in [2.75, 3.05) is 0 Å². The molecule has 0 radical (unpaired) electrons. The molecule has 1 saturated carbocycles. The fourth-order valence-corrected chi connectivity index (χ4v) is 4.10. The minimum Gasteiger partial charge on any atom is -0.244 e. The maximum Gasteiger partial charge on any atom is 0.368 e. The van der Waals surface area contributed by atoms with Crippen molar-refractivity contribution in [2.45, 2.75) is 56.4 Å². The molecule has 136 valence electrons. The molecule has 1 heterocycles. The quantitative estimate of drug-likeness (QED) is 0.714. The number of aromatic nitrogens is 4. The standard InChI is InChI=1S/C16H21ClN4O3S/c17-25(23,24)15-10-8-14(9-11-15)21-16(22)20(18-19-21)12-4-7-13-5-2-1-3-6-13/h8-11,13H,1-7,12H2. The largest absolute Gasteiger partial charge is 0.368 e. The molecular weight excluding hydrogens is 364 g/mol. The summed E-state index contributed by atoms with van der Waals surface area (Å²) in [6.45, 7) is 0.545. The predicted molar refractivity (Wildman–Crippen MR) is 94.5 cm³/mol. The predicted octanol–water partition coefficient (Wildman–Crippen LogP) is 2.72. The first-order chi connectivity index (χ1) is 11.9. The molecule has 1 aromatic heterocycles. The number of hydrogen-bond acceptors (Lipinski definition) is 5. The van der Waals surface area contributed by atoms with Crippen molar-refractivity contribution in [3.63, 3.8) is 0 Å². The Morgan fingerprint density at radius 2 is 1.76 bits per heavy atom. The molecule has 1 aromatic carbocycles. The molecule has 0 bridgehead atoms. The Bertz CT molecular complexity index is 868. The van der Waals surface area contributed by atoms with E-state index < -0.39 is 9.05 Å². The van der Waals surface area contributed by atoms with Crippen LogP contribution in [0.25, 0.3) is 5.69 Å². The number of halogens is 1. The lowest BCUT2D eigenvalue weighted by Crippen LogP contribution is -2.24. The van der Waals surface area contributed by atoms with Crippen LogP contribution in [0.4, 0.5) is 0 Å². The van der Waals surface area contributed by atoms with Gasteiger partial charge in [0.2, 0.25) is 0 Å². The van der Waals surface area contributed by atoms with Gasteiger partial charge in [-0.3, -0.25) is 0 Å². The summed E-state index contributed by atoms with van der Waals surface area (Å²) in [5, 5.41) is 7.80. The molecule has 0 atom stereocenters. The summed E-state index contributed by atoms with van der Waals surface area (Å²) in [4.78, 5) is 12.4. The minimum absolute atomic E-state index is 0.0224. The van der Waals surface area contributed by atoms with E-state index in [-0.39, 0.29) is 10.6 Å². The second-order valence-corrected chi connectivity index (χ2v) is 9.04. The zero-order chi connectivity index (χ0) is 17.9. The van der Waals surface area contributed by atoms with Crippen LogP contribution in [-0.2, 0) is 15.6 Å². The zero-order valence-electron chi connectivity index (χ0n) is 13.8. The smallest absolute Gasteiger partial charge is 0.244 e. The van der Waals surface area contributed by atoms with Crippen LogP contribution in [0.2, 0.25) is 0 Å². The van der Waals surface area contributed by atoms with E-state index in [0.29, 0.717) is 12.2 Å². The Kier molecular flexibility index (Phi) is 5.58. The number of hydrogen-bond donors (Lipinski definition) is 0. The average molecular weight is 385 g/mol. The Morgan fingerprint density at radius 3 is 2.40 bits per heavy atom. The Balaban J connectivity index is 1.65. The maximum atomic E-state index is 12.4. The van der Waals surface area contributed by atoms with Gasteiger partial charge in [0.25, 0.3) is 9.05 Å². The van der Waals surface area contributed by atoms with E-state index in [2.05, 4.69) is 10.4 Å². The summed E-state index contributed by atoms with van der Waals surface area (Å²) in [6.07, 6.45) is 8.57. The Hall–Kier alpha value is -1.67. The van der Waals surface area contributed by atoms with Gasteiger partial charge in [0.05, 0.1) is 10.6 Å². The van der Waals surface area contributed by atoms with E-state index in [1.165, 1.54) is 61.1 Å². The molecule has 9 heteroatoms. The topological polar surface area (TPSA) is 86.8 Å². The van der Waals surface area contributed by atoms with Crippen LogP contribution in [0, 0.1) is 5.92 Å². The Labute approximate surface area is 151 Å². The van der Waals surface area contributed by atoms with Gasteiger partial charge in [0, 0.05) is 17.2 Å². The molecule has 2 aromatic rings. The summed E-state index contributed by atoms with van der Waals surface area (Å²) < 4.78 is 25.0. The van der Waals surface area contributed by atoms with Gasteiger partial charge in [-0.05, 0) is 53.5 Å². The highest BCUT2D eigenvalue weighted by Crippen LogP contribution is 2.27. The maximum absolute atomic E-state index is 12.4. The summed E-state index contributed by atoms with van der Waals surface area (Å²) >= 11 is 0. The molecule has 3 rings (SSSR count). The van der Waals surface area contributed by atoms with Crippen molar-refractivity contribution in [2.24, 2.45) is 5.92 Å². The fourth-order valence-electron chi connectivity index (χ4n) is 3.33. The lowest BCUT2D eigenvalue weighted by molar-refractivity contribution is 0.322. The molecule has 0 saturated heterocycles. The monoisotopic (exact) mass is 384 g/mol. The lowest BCUT2D eigenvalue weighted by atomic mass is 9.86. The van der Waals surface area contributed by atoms with Crippen LogP contribution in [0.3, 0.4) is 0 Å². The molecule has 25 heavy (non-hydrogen) atoms. The molecule has 0 unspecified atom stereocenters. The molecule has 1 aliphatic rings. The summed E-state index contributed by atoms with van der Waals surface area (Å²) in [5.41, 5.74) is 0.123. The Morgan fingerprint density at radius 1 is 1.08 bits per heavy atom. The first kappa shape index (κ1) is 18.1. The van der Waals surface area contributed by atoms with Crippen LogP contribution in [0.1, 0.15) is 44.9 Å². The van der Waals surface area contributed by atoms with Gasteiger partial charge in [-0.1, -0.05) is 32.1 Å². The van der Waals surface area contributed by atoms with Crippen molar-refractivity contribution in [1.82, 2.24) is 19.8 Å². The van der Waals surface area contributed by atoms with Gasteiger partial charge in [-0.15, -0.1) is 0 Å². The second-order valence-electron chi connectivity index (χ2n) is 6.47. The third-order valence-corrected chi connectivity index (χ3v) is 6.08. The third-order valence-electron chi connectivity index (χ3n) is 4.71. The molecule has 0 spiro atoms. The SMILES string of the molecule is O=c1n(CCCC2CCCCC2)nnn1-c1ccc(S(=O)(=O)Cl)cc1. The lowest BCUT2D eigenvalue weighted by Gasteiger charge is -2.20. The number of benzene rings is 1. The first-order valence-electron chi connectivity index (χ1n) is 8.53. The van der Waals surface area contributed by atoms with Crippen molar-refractivity contribution in [1.29, 1.82) is 0 Å². The molecule has 1 fully saturated rings. The van der Waals surface area contributed by atoms with Crippen molar-refractivity contribution in [3.8, 4) is 5.69 Å². The second kappa shape index (κ2) is 7.70. The molecular formula is C16H21ClN4O3S. The van der Waals surface area contributed by atoms with E-state index in [4.69, 9.17) is 10.7 Å². The number of tetrazole rings is 1. The van der Waals surface area contributed by atoms with E-state index in [9.17, 15) is 13.2 Å². The summed E-state index contributed by atoms with van der Waals surface area (Å²) in [5.74, 6) is 0.768. The van der Waals surface area contributed by atoms with Crippen LogP contribution < -0.4 is 5.69 Å². The third kappa shape index (κ3) is 4.49. The zero-order valence-corrected chi connectivity index (χ0v) is 15.4. The van der Waals surface area contributed by atoms with Gasteiger partial charge >= 0.3 is 5.69 Å². The van der Waals surface area contributed by atoms with E-state index >= 15 is 0 Å².